The predicted molar refractivity (Wildman–Crippen MR) is 108 cm³/mol. The Morgan fingerprint density at radius 3 is 2.50 bits per heavy atom. The lowest BCUT2D eigenvalue weighted by molar-refractivity contribution is -0.119. The molecule has 1 aromatic carbocycles. The second-order valence-electron chi connectivity index (χ2n) is 6.01. The molecule has 0 bridgehead atoms. The van der Waals surface area contributed by atoms with Crippen LogP contribution in [-0.4, -0.2) is 45.2 Å². The molecule has 0 aliphatic carbocycles. The first kappa shape index (κ1) is 21.9. The summed E-state index contributed by atoms with van der Waals surface area (Å²) in [6.45, 7) is 3.85. The van der Waals surface area contributed by atoms with Crippen LogP contribution in [0.1, 0.15) is 28.4 Å². The van der Waals surface area contributed by atoms with Crippen LogP contribution in [0.3, 0.4) is 0 Å². The molecule has 152 valence electrons. The number of benzene rings is 1. The van der Waals surface area contributed by atoms with Crippen molar-refractivity contribution in [2.45, 2.75) is 25.3 Å². The molecule has 1 aromatic heterocycles. The van der Waals surface area contributed by atoms with Crippen LogP contribution >= 0.6 is 11.3 Å². The average Bonchev–Trinajstić information content (AvgIpc) is 3.10. The number of hydrogen-bond donors (Lipinski definition) is 2. The zero-order valence-corrected chi connectivity index (χ0v) is 17.7. The van der Waals surface area contributed by atoms with Gasteiger partial charge in [-0.15, -0.1) is 11.3 Å². The molecule has 2 N–H and O–H groups in total. The summed E-state index contributed by atoms with van der Waals surface area (Å²) in [7, 11) is -0.886. The molecule has 0 aliphatic heterocycles. The van der Waals surface area contributed by atoms with Crippen molar-refractivity contribution in [1.82, 2.24) is 9.62 Å². The first-order chi connectivity index (χ1) is 13.1. The number of ether oxygens (including phenoxy) is 1. The molecule has 1 heterocycles. The summed E-state index contributed by atoms with van der Waals surface area (Å²) in [6, 6.07) is 7.90. The number of anilines is 1. The number of carbonyl (C=O) groups is 2. The van der Waals surface area contributed by atoms with E-state index >= 15 is 0 Å². The zero-order valence-electron chi connectivity index (χ0n) is 16.1. The van der Waals surface area contributed by atoms with Gasteiger partial charge in [-0.2, -0.15) is 0 Å². The monoisotopic (exact) mass is 425 g/mol. The van der Waals surface area contributed by atoms with Gasteiger partial charge in [-0.25, -0.2) is 12.7 Å². The van der Waals surface area contributed by atoms with Crippen molar-refractivity contribution >= 4 is 38.9 Å². The van der Waals surface area contributed by atoms with E-state index < -0.39 is 10.0 Å². The van der Waals surface area contributed by atoms with Gasteiger partial charge >= 0.3 is 0 Å². The quantitative estimate of drug-likeness (QED) is 0.675. The Morgan fingerprint density at radius 1 is 1.18 bits per heavy atom. The van der Waals surface area contributed by atoms with E-state index in [2.05, 4.69) is 10.6 Å². The van der Waals surface area contributed by atoms with Crippen LogP contribution in [0.5, 0.6) is 5.75 Å². The van der Waals surface area contributed by atoms with Crippen LogP contribution in [0.4, 0.5) is 5.69 Å². The van der Waals surface area contributed by atoms with Gasteiger partial charge in [0.1, 0.15) is 10.6 Å². The summed E-state index contributed by atoms with van der Waals surface area (Å²) in [5.74, 6) is -0.289. The molecule has 0 radical (unpaired) electrons. The molecule has 2 rings (SSSR count). The minimum atomic E-state index is -3.74. The van der Waals surface area contributed by atoms with Crippen molar-refractivity contribution in [2.75, 3.05) is 26.0 Å². The van der Waals surface area contributed by atoms with Crippen molar-refractivity contribution in [1.29, 1.82) is 0 Å². The lowest BCUT2D eigenvalue weighted by Crippen LogP contribution is -2.23. The van der Waals surface area contributed by atoms with Crippen molar-refractivity contribution in [3.63, 3.8) is 0 Å². The summed E-state index contributed by atoms with van der Waals surface area (Å²) >= 11 is 1.25. The van der Waals surface area contributed by atoms with Crippen LogP contribution in [0.15, 0.2) is 35.2 Å². The van der Waals surface area contributed by atoms with Crippen molar-refractivity contribution in [3.05, 3.63) is 40.1 Å². The van der Waals surface area contributed by atoms with E-state index in [1.807, 2.05) is 0 Å². The summed E-state index contributed by atoms with van der Waals surface area (Å²) in [6.07, 6.45) is 0. The van der Waals surface area contributed by atoms with Crippen LogP contribution in [0, 0.1) is 0 Å². The number of amides is 2. The third-order valence-electron chi connectivity index (χ3n) is 3.66. The first-order valence-electron chi connectivity index (χ1n) is 8.49. The normalized spacial score (nSPS) is 11.3. The highest BCUT2D eigenvalue weighted by Crippen LogP contribution is 2.29. The minimum absolute atomic E-state index is 0.0188. The number of rotatable bonds is 8. The molecular formula is C18H23N3O5S2. The third-order valence-corrected chi connectivity index (χ3v) is 6.58. The Balaban J connectivity index is 2.24. The highest BCUT2D eigenvalue weighted by Gasteiger charge is 2.23. The highest BCUT2D eigenvalue weighted by molar-refractivity contribution is 7.89. The standard InChI is InChI=1S/C18H23N3O5S2/c1-5-26-15-8-6-13(10-17(15)28(24,25)21(3)4)20-18(23)16-9-7-14(27-16)11-19-12(2)22/h6-10H,5,11H2,1-4H3,(H,19,22)(H,20,23). The van der Waals surface area contributed by atoms with Gasteiger partial charge in [-0.05, 0) is 37.3 Å². The third kappa shape index (κ3) is 5.31. The fourth-order valence-electron chi connectivity index (χ4n) is 2.26. The smallest absolute Gasteiger partial charge is 0.265 e. The SMILES string of the molecule is CCOc1ccc(NC(=O)c2ccc(CNC(C)=O)s2)cc1S(=O)(=O)N(C)C. The Morgan fingerprint density at radius 2 is 1.89 bits per heavy atom. The van der Waals surface area contributed by atoms with Crippen LogP contribution in [0.2, 0.25) is 0 Å². The summed E-state index contributed by atoms with van der Waals surface area (Å²) in [4.78, 5) is 24.7. The van der Waals surface area contributed by atoms with Crippen molar-refractivity contribution in [2.24, 2.45) is 0 Å². The van der Waals surface area contributed by atoms with Crippen molar-refractivity contribution in [3.8, 4) is 5.75 Å². The Hall–Kier alpha value is -2.43. The van der Waals surface area contributed by atoms with Gasteiger partial charge in [0.25, 0.3) is 5.91 Å². The molecule has 2 amide bonds. The summed E-state index contributed by atoms with van der Waals surface area (Å²) in [5, 5.41) is 5.37. The molecule has 2 aromatic rings. The molecule has 0 aliphatic rings. The maximum absolute atomic E-state index is 12.6. The highest BCUT2D eigenvalue weighted by atomic mass is 32.2. The number of nitrogens with one attached hydrogen (secondary N) is 2. The molecular weight excluding hydrogens is 402 g/mol. The second-order valence-corrected chi connectivity index (χ2v) is 9.30. The molecule has 0 atom stereocenters. The number of thiophene rings is 1. The number of nitrogens with zero attached hydrogens (tertiary/aromatic N) is 1. The number of sulfonamides is 1. The van der Waals surface area contributed by atoms with E-state index in [1.165, 1.54) is 44.5 Å². The van der Waals surface area contributed by atoms with Crippen LogP contribution < -0.4 is 15.4 Å². The molecule has 8 nitrogen and oxygen atoms in total. The molecule has 28 heavy (non-hydrogen) atoms. The van der Waals surface area contributed by atoms with Gasteiger partial charge in [0.15, 0.2) is 0 Å². The zero-order chi connectivity index (χ0) is 20.9. The van der Waals surface area contributed by atoms with E-state index in [1.54, 1.807) is 25.1 Å². The molecule has 0 fully saturated rings. The largest absolute Gasteiger partial charge is 0.492 e. The Kier molecular flexibility index (Phi) is 7.17. The molecule has 10 heteroatoms. The first-order valence-corrected chi connectivity index (χ1v) is 10.7. The van der Waals surface area contributed by atoms with Gasteiger partial charge in [0.05, 0.1) is 18.0 Å². The Labute approximate surface area is 168 Å². The van der Waals surface area contributed by atoms with Gasteiger partial charge in [-0.1, -0.05) is 0 Å². The van der Waals surface area contributed by atoms with Crippen molar-refractivity contribution < 1.29 is 22.7 Å². The maximum Gasteiger partial charge on any atom is 0.265 e. The topological polar surface area (TPSA) is 105 Å². The van der Waals surface area contributed by atoms with Gasteiger partial charge in [-0.3, -0.25) is 9.59 Å². The molecule has 0 saturated heterocycles. The minimum Gasteiger partial charge on any atom is -0.492 e. The molecule has 0 spiro atoms. The predicted octanol–water partition coefficient (Wildman–Crippen LogP) is 2.29. The lowest BCUT2D eigenvalue weighted by Gasteiger charge is -2.16. The van der Waals surface area contributed by atoms with Crippen LogP contribution in [0.25, 0.3) is 0 Å². The van der Waals surface area contributed by atoms with Gasteiger partial charge < -0.3 is 15.4 Å². The van der Waals surface area contributed by atoms with Gasteiger partial charge in [0.2, 0.25) is 15.9 Å². The number of carbonyl (C=O) groups excluding carboxylic acids is 2. The van der Waals surface area contributed by atoms with E-state index in [4.69, 9.17) is 4.74 Å². The number of hydrogen-bond acceptors (Lipinski definition) is 6. The fraction of sp³-hybridized carbons (Fsp3) is 0.333. The molecule has 0 saturated carbocycles. The second kappa shape index (κ2) is 9.18. The van der Waals surface area contributed by atoms with Gasteiger partial charge in [0, 0.05) is 31.6 Å². The fourth-order valence-corrected chi connectivity index (χ4v) is 4.15. The summed E-state index contributed by atoms with van der Waals surface area (Å²) < 4.78 is 31.6. The van der Waals surface area contributed by atoms with E-state index in [0.717, 1.165) is 9.18 Å². The maximum atomic E-state index is 12.6. The molecule has 0 unspecified atom stereocenters. The Bertz CT molecular complexity index is 967. The lowest BCUT2D eigenvalue weighted by atomic mass is 10.3. The van der Waals surface area contributed by atoms with E-state index in [-0.39, 0.29) is 22.5 Å². The summed E-state index contributed by atoms with van der Waals surface area (Å²) in [5.41, 5.74) is 0.339. The van der Waals surface area contributed by atoms with E-state index in [9.17, 15) is 18.0 Å². The average molecular weight is 426 g/mol. The van der Waals surface area contributed by atoms with Crippen LogP contribution in [-0.2, 0) is 21.4 Å². The van der Waals surface area contributed by atoms with E-state index in [0.29, 0.717) is 23.7 Å².